The molecule has 0 saturated heterocycles. The minimum atomic E-state index is -3.74. The summed E-state index contributed by atoms with van der Waals surface area (Å²) in [5.74, 6) is 0. The molecule has 0 amide bonds. The van der Waals surface area contributed by atoms with Gasteiger partial charge in [0.05, 0.1) is 11.6 Å². The van der Waals surface area contributed by atoms with Gasteiger partial charge in [-0.15, -0.1) is 0 Å². The molecule has 0 radical (unpaired) electrons. The van der Waals surface area contributed by atoms with Gasteiger partial charge in [0.1, 0.15) is 4.90 Å². The van der Waals surface area contributed by atoms with Crippen LogP contribution in [0, 0.1) is 0 Å². The fourth-order valence-electron chi connectivity index (χ4n) is 1.59. The molecule has 0 aliphatic rings. The molecule has 0 aliphatic carbocycles. The van der Waals surface area contributed by atoms with E-state index < -0.39 is 10.0 Å². The van der Waals surface area contributed by atoms with Gasteiger partial charge >= 0.3 is 0 Å². The second-order valence-corrected chi connectivity index (χ2v) is 7.55. The Kier molecular flexibility index (Phi) is 6.90. The number of sulfonamides is 1. The van der Waals surface area contributed by atoms with Crippen LogP contribution in [0.1, 0.15) is 19.4 Å². The monoisotopic (exact) mass is 354 g/mol. The van der Waals surface area contributed by atoms with Crippen LogP contribution < -0.4 is 4.72 Å². The SMILES string of the molecule is CC(C)N(C)CCNS(=O)(=O)c1cc(CO)c(Cl)cc1Cl. The van der Waals surface area contributed by atoms with Gasteiger partial charge in [-0.2, -0.15) is 0 Å². The summed E-state index contributed by atoms with van der Waals surface area (Å²) in [6.07, 6.45) is 0. The average molecular weight is 355 g/mol. The van der Waals surface area contributed by atoms with Crippen molar-refractivity contribution in [1.82, 2.24) is 9.62 Å². The van der Waals surface area contributed by atoms with Gasteiger partial charge in [-0.3, -0.25) is 0 Å². The highest BCUT2D eigenvalue weighted by molar-refractivity contribution is 7.89. The third-order valence-electron chi connectivity index (χ3n) is 3.20. The molecule has 1 aromatic rings. The molecule has 0 bridgehead atoms. The normalized spacial score (nSPS) is 12.4. The van der Waals surface area contributed by atoms with Gasteiger partial charge < -0.3 is 10.0 Å². The van der Waals surface area contributed by atoms with Crippen molar-refractivity contribution >= 4 is 33.2 Å². The van der Waals surface area contributed by atoms with Crippen molar-refractivity contribution in [3.8, 4) is 0 Å². The maximum atomic E-state index is 12.2. The third-order valence-corrected chi connectivity index (χ3v) is 5.48. The molecule has 0 aromatic heterocycles. The van der Waals surface area contributed by atoms with E-state index in [4.69, 9.17) is 28.3 Å². The fourth-order valence-corrected chi connectivity index (χ4v) is 3.47. The number of likely N-dealkylation sites (N-methyl/N-ethyl adjacent to an activating group) is 1. The number of nitrogens with zero attached hydrogens (tertiary/aromatic N) is 1. The highest BCUT2D eigenvalue weighted by Crippen LogP contribution is 2.28. The number of halogens is 2. The number of aliphatic hydroxyl groups excluding tert-OH is 1. The van der Waals surface area contributed by atoms with Crippen LogP contribution in [0.4, 0.5) is 0 Å². The van der Waals surface area contributed by atoms with Crippen molar-refractivity contribution in [2.24, 2.45) is 0 Å². The zero-order valence-electron chi connectivity index (χ0n) is 12.2. The molecular weight excluding hydrogens is 335 g/mol. The Bertz CT molecular complexity index is 591. The van der Waals surface area contributed by atoms with Crippen LogP contribution in [0.3, 0.4) is 0 Å². The lowest BCUT2D eigenvalue weighted by molar-refractivity contribution is 0.278. The van der Waals surface area contributed by atoms with E-state index in [1.165, 1.54) is 12.1 Å². The Labute approximate surface area is 135 Å². The largest absolute Gasteiger partial charge is 0.392 e. The molecule has 0 unspecified atom stereocenters. The highest BCUT2D eigenvalue weighted by atomic mass is 35.5. The predicted octanol–water partition coefficient (Wildman–Crippen LogP) is 2.10. The van der Waals surface area contributed by atoms with E-state index in [9.17, 15) is 8.42 Å². The lowest BCUT2D eigenvalue weighted by atomic mass is 10.2. The Morgan fingerprint density at radius 2 is 1.90 bits per heavy atom. The maximum Gasteiger partial charge on any atom is 0.242 e. The minimum Gasteiger partial charge on any atom is -0.392 e. The average Bonchev–Trinajstić information content (AvgIpc) is 2.38. The zero-order chi connectivity index (χ0) is 16.2. The smallest absolute Gasteiger partial charge is 0.242 e. The molecule has 120 valence electrons. The molecule has 21 heavy (non-hydrogen) atoms. The van der Waals surface area contributed by atoms with Crippen molar-refractivity contribution in [2.45, 2.75) is 31.4 Å². The van der Waals surface area contributed by atoms with E-state index in [0.29, 0.717) is 18.2 Å². The first kappa shape index (κ1) is 18.7. The highest BCUT2D eigenvalue weighted by Gasteiger charge is 2.20. The van der Waals surface area contributed by atoms with E-state index in [-0.39, 0.29) is 28.1 Å². The lowest BCUT2D eigenvalue weighted by Crippen LogP contribution is -2.36. The molecule has 5 nitrogen and oxygen atoms in total. The van der Waals surface area contributed by atoms with Gasteiger partial charge in [-0.25, -0.2) is 13.1 Å². The van der Waals surface area contributed by atoms with E-state index in [1.54, 1.807) is 0 Å². The van der Waals surface area contributed by atoms with Crippen LogP contribution in [-0.4, -0.2) is 44.6 Å². The summed E-state index contributed by atoms with van der Waals surface area (Å²) >= 11 is 11.8. The molecule has 0 heterocycles. The van der Waals surface area contributed by atoms with Gasteiger partial charge in [-0.05, 0) is 38.6 Å². The number of hydrogen-bond acceptors (Lipinski definition) is 4. The van der Waals surface area contributed by atoms with E-state index >= 15 is 0 Å². The standard InChI is InChI=1S/C13H20Cl2N2O3S/c1-9(2)17(3)5-4-16-21(19,20)13-6-10(8-18)11(14)7-12(13)15/h6-7,9,16,18H,4-5,8H2,1-3H3. The van der Waals surface area contributed by atoms with Crippen molar-refractivity contribution in [1.29, 1.82) is 0 Å². The van der Waals surface area contributed by atoms with Crippen LogP contribution in [0.2, 0.25) is 10.0 Å². The first-order chi connectivity index (χ1) is 9.69. The number of nitrogens with one attached hydrogen (secondary N) is 1. The molecule has 2 N–H and O–H groups in total. The van der Waals surface area contributed by atoms with Crippen molar-refractivity contribution in [3.05, 3.63) is 27.7 Å². The van der Waals surface area contributed by atoms with Crippen molar-refractivity contribution < 1.29 is 13.5 Å². The van der Waals surface area contributed by atoms with E-state index in [1.807, 2.05) is 25.8 Å². The second kappa shape index (κ2) is 7.76. The number of rotatable bonds is 7. The molecule has 0 saturated carbocycles. The Balaban J connectivity index is 2.88. The summed E-state index contributed by atoms with van der Waals surface area (Å²) in [5.41, 5.74) is 0.320. The summed E-state index contributed by atoms with van der Waals surface area (Å²) in [6.45, 7) is 4.55. The number of hydrogen-bond donors (Lipinski definition) is 2. The van der Waals surface area contributed by atoms with Crippen LogP contribution >= 0.6 is 23.2 Å². The van der Waals surface area contributed by atoms with Crippen molar-refractivity contribution in [3.63, 3.8) is 0 Å². The zero-order valence-corrected chi connectivity index (χ0v) is 14.6. The number of aliphatic hydroxyl groups is 1. The summed E-state index contributed by atoms with van der Waals surface area (Å²) in [7, 11) is -1.83. The number of benzene rings is 1. The second-order valence-electron chi connectivity index (χ2n) is 5.00. The lowest BCUT2D eigenvalue weighted by Gasteiger charge is -2.21. The minimum absolute atomic E-state index is 0.0296. The first-order valence-corrected chi connectivity index (χ1v) is 8.71. The Hall–Kier alpha value is -0.370. The summed E-state index contributed by atoms with van der Waals surface area (Å²) in [5, 5.41) is 9.43. The predicted molar refractivity (Wildman–Crippen MR) is 85.3 cm³/mol. The maximum absolute atomic E-state index is 12.2. The van der Waals surface area contributed by atoms with Crippen LogP contribution in [0.25, 0.3) is 0 Å². The molecule has 0 atom stereocenters. The van der Waals surface area contributed by atoms with Crippen LogP contribution in [-0.2, 0) is 16.6 Å². The van der Waals surface area contributed by atoms with E-state index in [2.05, 4.69) is 4.72 Å². The van der Waals surface area contributed by atoms with Gasteiger partial charge in [0.25, 0.3) is 0 Å². The van der Waals surface area contributed by atoms with Gasteiger partial charge in [0.15, 0.2) is 0 Å². The summed E-state index contributed by atoms with van der Waals surface area (Å²) < 4.78 is 27.0. The topological polar surface area (TPSA) is 69.6 Å². The molecule has 0 aliphatic heterocycles. The molecular formula is C13H20Cl2N2O3S. The Morgan fingerprint density at radius 1 is 1.29 bits per heavy atom. The van der Waals surface area contributed by atoms with Crippen LogP contribution in [0.5, 0.6) is 0 Å². The third kappa shape index (κ3) is 5.09. The molecule has 1 rings (SSSR count). The summed E-state index contributed by atoms with van der Waals surface area (Å²) in [6, 6.07) is 2.94. The molecule has 1 aromatic carbocycles. The van der Waals surface area contributed by atoms with Crippen molar-refractivity contribution in [2.75, 3.05) is 20.1 Å². The fraction of sp³-hybridized carbons (Fsp3) is 0.538. The quantitative estimate of drug-likeness (QED) is 0.786. The molecule has 0 spiro atoms. The molecule has 8 heteroatoms. The van der Waals surface area contributed by atoms with Gasteiger partial charge in [0.2, 0.25) is 10.0 Å². The van der Waals surface area contributed by atoms with E-state index in [0.717, 1.165) is 0 Å². The summed E-state index contributed by atoms with van der Waals surface area (Å²) in [4.78, 5) is 1.94. The Morgan fingerprint density at radius 3 is 2.43 bits per heavy atom. The van der Waals surface area contributed by atoms with Gasteiger partial charge in [0, 0.05) is 24.2 Å². The van der Waals surface area contributed by atoms with Gasteiger partial charge in [-0.1, -0.05) is 23.2 Å². The van der Waals surface area contributed by atoms with Crippen LogP contribution in [0.15, 0.2) is 17.0 Å². The first-order valence-electron chi connectivity index (χ1n) is 6.47. The molecule has 0 fully saturated rings.